The number of rotatable bonds is 12. The van der Waals surface area contributed by atoms with Crippen molar-refractivity contribution in [3.8, 4) is 112 Å². The van der Waals surface area contributed by atoms with Crippen LogP contribution in [0.4, 0.5) is 0 Å². The van der Waals surface area contributed by atoms with Gasteiger partial charge in [-0.3, -0.25) is 24.9 Å². The van der Waals surface area contributed by atoms with Gasteiger partial charge in [0, 0.05) is 69.4 Å². The SMILES string of the molecule is C1=CC(c2ccccc2)=C(c2ccc3ccccc3n2)CC1.Cc1cc(-c2ccccc2)c(-c2ccccn2)c(-c2ccccc2)c1.Cc1cccnc1-c1ccccc1-c1ccccc1.c1ccc(-c2cc3ccccc3cc2-c2ccccn2)cc1.c1ccc(-c2ccc3ccccc3c2-c2ccccn2)cc1.c1ccc(-c2cccc3ccc4cccnc4c23)cc1. The lowest BCUT2D eigenvalue weighted by molar-refractivity contribution is 1.05. The van der Waals surface area contributed by atoms with Crippen LogP contribution in [0.5, 0.6) is 0 Å². The van der Waals surface area contributed by atoms with Gasteiger partial charge in [0.2, 0.25) is 0 Å². The highest BCUT2D eigenvalue weighted by Crippen LogP contribution is 2.44. The average molecular weight is 1670 g/mol. The maximum Gasteiger partial charge on any atom is 0.0786 e. The van der Waals surface area contributed by atoms with Crippen LogP contribution in [0.2, 0.25) is 0 Å². The number of hydrogen-bond donors (Lipinski definition) is 0. The van der Waals surface area contributed by atoms with Crippen molar-refractivity contribution in [1.29, 1.82) is 0 Å². The van der Waals surface area contributed by atoms with Crippen LogP contribution >= 0.6 is 0 Å². The second kappa shape index (κ2) is 41.3. The predicted octanol–water partition coefficient (Wildman–Crippen LogP) is 32.8. The van der Waals surface area contributed by atoms with E-state index in [9.17, 15) is 0 Å². The van der Waals surface area contributed by atoms with Gasteiger partial charge in [-0.15, -0.1) is 0 Å². The summed E-state index contributed by atoms with van der Waals surface area (Å²) in [6.07, 6.45) is 15.9. The molecule has 23 rings (SSSR count). The van der Waals surface area contributed by atoms with Gasteiger partial charge in [0.25, 0.3) is 0 Å². The Labute approximate surface area is 761 Å². The van der Waals surface area contributed by atoms with Crippen LogP contribution in [-0.4, -0.2) is 29.9 Å². The van der Waals surface area contributed by atoms with E-state index in [0.29, 0.717) is 0 Å². The molecule has 0 atom stereocenters. The van der Waals surface area contributed by atoms with E-state index in [4.69, 9.17) is 4.98 Å². The first-order valence-corrected chi connectivity index (χ1v) is 44.2. The summed E-state index contributed by atoms with van der Waals surface area (Å²) in [5.74, 6) is 0. The summed E-state index contributed by atoms with van der Waals surface area (Å²) in [5, 5.41) is 9.81. The summed E-state index contributed by atoms with van der Waals surface area (Å²) >= 11 is 0. The summed E-state index contributed by atoms with van der Waals surface area (Å²) in [4.78, 5) is 27.8. The van der Waals surface area contributed by atoms with E-state index in [-0.39, 0.29) is 0 Å². The van der Waals surface area contributed by atoms with Crippen molar-refractivity contribution in [2.45, 2.75) is 26.7 Å². The van der Waals surface area contributed by atoms with Gasteiger partial charge in [-0.25, -0.2) is 4.98 Å². The number of fused-ring (bicyclic) bond motifs is 6. The van der Waals surface area contributed by atoms with Gasteiger partial charge in [-0.05, 0) is 221 Å². The average Bonchev–Trinajstić information content (AvgIpc) is 0.777. The van der Waals surface area contributed by atoms with Crippen LogP contribution in [-0.2, 0) is 0 Å². The van der Waals surface area contributed by atoms with Crippen LogP contribution in [0.1, 0.15) is 35.2 Å². The highest BCUT2D eigenvalue weighted by molar-refractivity contribution is 6.13. The van der Waals surface area contributed by atoms with Crippen LogP contribution in [0.3, 0.4) is 0 Å². The molecule has 16 aromatic carbocycles. The number of benzene rings is 16. The maximum absolute atomic E-state index is 4.88. The first kappa shape index (κ1) is 84.1. The lowest BCUT2D eigenvalue weighted by Crippen LogP contribution is -1.97. The molecule has 0 unspecified atom stereocenters. The highest BCUT2D eigenvalue weighted by atomic mass is 14.7. The van der Waals surface area contributed by atoms with Crippen LogP contribution in [0, 0.1) is 13.8 Å². The lowest BCUT2D eigenvalue weighted by Gasteiger charge is -2.17. The van der Waals surface area contributed by atoms with E-state index in [2.05, 4.69) is 439 Å². The molecule has 1 aliphatic rings. The zero-order valence-corrected chi connectivity index (χ0v) is 72.6. The minimum Gasteiger partial charge on any atom is -0.256 e. The Balaban J connectivity index is 0.000000105. The normalized spacial score (nSPS) is 11.3. The molecule has 0 saturated carbocycles. The zero-order chi connectivity index (χ0) is 87.8. The van der Waals surface area contributed by atoms with E-state index in [1.807, 2.05) is 110 Å². The second-order valence-electron chi connectivity index (χ2n) is 31.9. The fourth-order valence-corrected chi connectivity index (χ4v) is 17.2. The minimum absolute atomic E-state index is 1.00. The maximum atomic E-state index is 4.88. The lowest BCUT2D eigenvalue weighted by atomic mass is 9.88. The van der Waals surface area contributed by atoms with Gasteiger partial charge in [0.15, 0.2) is 0 Å². The van der Waals surface area contributed by atoms with Gasteiger partial charge in [-0.1, -0.05) is 406 Å². The van der Waals surface area contributed by atoms with Gasteiger partial charge >= 0.3 is 0 Å². The zero-order valence-electron chi connectivity index (χ0n) is 72.6. The minimum atomic E-state index is 1.00. The molecule has 0 N–H and O–H groups in total. The van der Waals surface area contributed by atoms with Gasteiger partial charge in [-0.2, -0.15) is 0 Å². The van der Waals surface area contributed by atoms with Crippen molar-refractivity contribution in [3.05, 3.63) is 533 Å². The predicted molar refractivity (Wildman–Crippen MR) is 548 cm³/mol. The van der Waals surface area contributed by atoms with Crippen molar-refractivity contribution in [3.63, 3.8) is 0 Å². The molecule has 6 heterocycles. The van der Waals surface area contributed by atoms with E-state index in [1.165, 1.54) is 160 Å². The molecule has 0 saturated heterocycles. The monoisotopic (exact) mass is 1670 g/mol. The van der Waals surface area contributed by atoms with Crippen LogP contribution < -0.4 is 0 Å². The van der Waals surface area contributed by atoms with Gasteiger partial charge in [0.05, 0.1) is 39.5 Å². The molecule has 0 amide bonds. The Kier molecular flexibility index (Phi) is 26.7. The number of pyridine rings is 6. The molecule has 0 spiro atoms. The number of hydrogen-bond acceptors (Lipinski definition) is 6. The Morgan fingerprint density at radius 2 is 0.646 bits per heavy atom. The van der Waals surface area contributed by atoms with Gasteiger partial charge in [0.1, 0.15) is 0 Å². The second-order valence-corrected chi connectivity index (χ2v) is 31.9. The molecule has 1 aliphatic carbocycles. The van der Waals surface area contributed by atoms with Crippen molar-refractivity contribution in [2.24, 2.45) is 0 Å². The number of para-hydroxylation sites is 1. The van der Waals surface area contributed by atoms with Gasteiger partial charge < -0.3 is 0 Å². The molecular weight excluding hydrogens is 1570 g/mol. The molecule has 6 aromatic heterocycles. The number of aryl methyl sites for hydroxylation is 2. The summed E-state index contributed by atoms with van der Waals surface area (Å²) in [5.41, 5.74) is 33.1. The number of nitrogens with zero attached hydrogens (tertiary/aromatic N) is 6. The molecule has 0 fully saturated rings. The Morgan fingerprint density at radius 3 is 1.23 bits per heavy atom. The first-order valence-electron chi connectivity index (χ1n) is 44.2. The van der Waals surface area contributed by atoms with Crippen molar-refractivity contribution in [2.75, 3.05) is 0 Å². The highest BCUT2D eigenvalue weighted by Gasteiger charge is 2.20. The molecule has 0 aliphatic heterocycles. The summed E-state index contributed by atoms with van der Waals surface area (Å²) in [7, 11) is 0. The van der Waals surface area contributed by atoms with Crippen molar-refractivity contribution in [1.82, 2.24) is 29.9 Å². The third-order valence-electron chi connectivity index (χ3n) is 23.4. The van der Waals surface area contributed by atoms with E-state index in [0.717, 1.165) is 52.3 Å². The van der Waals surface area contributed by atoms with E-state index >= 15 is 0 Å². The smallest absolute Gasteiger partial charge is 0.0786 e. The molecular formula is C124H94N6. The van der Waals surface area contributed by atoms with Crippen LogP contribution in [0.15, 0.2) is 510 Å². The molecule has 0 radical (unpaired) electrons. The van der Waals surface area contributed by atoms with Crippen molar-refractivity contribution < 1.29 is 0 Å². The standard InChI is InChI=1S/C24H19N.C21H17N.2C21H15N.C19H13N.C18H15N/c1-18-16-21(19-10-4-2-5-11-19)24(23-14-8-9-15-25-23)22(17-18)20-12-6-3-7-13-20;1-2-8-16(9-3-1)18-11-5-6-12-19(18)21-15-14-17-10-4-7-13-20(17)22-21;1-2-8-16(9-3-1)19-14-13-17-10-4-5-11-18(17)21(19)20-12-6-7-15-22-20;1-2-8-16(9-3-1)19-14-17-10-4-5-11-18(17)15-20(19)21-12-6-7-13-22-21;1-2-6-14(7-3-1)17-10-4-8-15-11-12-16-9-5-13-20-19(16)18(15)17;1-14-8-7-13-19-18(14)17-12-6-5-11-16(17)15-9-3-2-4-10-15/h2-17H,1H3;1-5,7-11,13-15H,6,12H2;2*1-15H;1-13H;2-13H,1H3. The molecule has 6 nitrogen and oxygen atoms in total. The molecule has 130 heavy (non-hydrogen) atoms. The van der Waals surface area contributed by atoms with E-state index in [1.54, 1.807) is 0 Å². The number of allylic oxidation sites excluding steroid dienone is 4. The topological polar surface area (TPSA) is 77.3 Å². The fourth-order valence-electron chi connectivity index (χ4n) is 17.2. The summed E-state index contributed by atoms with van der Waals surface area (Å²) in [6, 6.07) is 162. The molecule has 22 aromatic rings. The summed E-state index contributed by atoms with van der Waals surface area (Å²) < 4.78 is 0. The largest absolute Gasteiger partial charge is 0.256 e. The van der Waals surface area contributed by atoms with Crippen LogP contribution in [0.25, 0.3) is 177 Å². The summed E-state index contributed by atoms with van der Waals surface area (Å²) in [6.45, 7) is 4.26. The number of aromatic nitrogens is 6. The molecule has 620 valence electrons. The van der Waals surface area contributed by atoms with E-state index < -0.39 is 0 Å². The first-order chi connectivity index (χ1) is 64.4. The Morgan fingerprint density at radius 1 is 0.231 bits per heavy atom. The molecule has 0 bridgehead atoms. The third kappa shape index (κ3) is 19.8. The third-order valence-corrected chi connectivity index (χ3v) is 23.4. The Bertz CT molecular complexity index is 7410. The Hall–Kier alpha value is -16.8. The van der Waals surface area contributed by atoms with Crippen molar-refractivity contribution >= 4 is 65.3 Å². The molecule has 6 heteroatoms. The quantitative estimate of drug-likeness (QED) is 0.113. The fraction of sp³-hybridized carbons (Fsp3) is 0.0323.